The van der Waals surface area contributed by atoms with E-state index in [1.165, 1.54) is 6.92 Å². The second kappa shape index (κ2) is 4.43. The summed E-state index contributed by atoms with van der Waals surface area (Å²) in [4.78, 5) is 13.6. The Labute approximate surface area is 81.2 Å². The second-order valence-electron chi connectivity index (χ2n) is 2.90. The predicted octanol–water partition coefficient (Wildman–Crippen LogP) is 1.70. The van der Waals surface area contributed by atoms with E-state index >= 15 is 0 Å². The SMILES string of the molecule is CC(=O)c1cc(C)n(CCN=[N+]=[N-])n1. The number of hydrogen-bond donors (Lipinski definition) is 0. The van der Waals surface area contributed by atoms with Crippen LogP contribution < -0.4 is 0 Å². The monoisotopic (exact) mass is 193 g/mol. The molecule has 1 aromatic rings. The Morgan fingerprint density at radius 1 is 1.79 bits per heavy atom. The average molecular weight is 193 g/mol. The van der Waals surface area contributed by atoms with Gasteiger partial charge in [-0.25, -0.2) is 0 Å². The van der Waals surface area contributed by atoms with Crippen LogP contribution in [0.5, 0.6) is 0 Å². The van der Waals surface area contributed by atoms with Crippen LogP contribution in [-0.4, -0.2) is 22.1 Å². The van der Waals surface area contributed by atoms with Gasteiger partial charge >= 0.3 is 0 Å². The molecule has 0 radical (unpaired) electrons. The zero-order valence-electron chi connectivity index (χ0n) is 8.14. The van der Waals surface area contributed by atoms with E-state index in [0.29, 0.717) is 18.8 Å². The van der Waals surface area contributed by atoms with E-state index in [2.05, 4.69) is 15.1 Å². The number of hydrogen-bond acceptors (Lipinski definition) is 3. The highest BCUT2D eigenvalue weighted by atomic mass is 16.1. The summed E-state index contributed by atoms with van der Waals surface area (Å²) >= 11 is 0. The Morgan fingerprint density at radius 3 is 3.00 bits per heavy atom. The highest BCUT2D eigenvalue weighted by Crippen LogP contribution is 2.03. The van der Waals surface area contributed by atoms with Gasteiger partial charge in [0.25, 0.3) is 0 Å². The van der Waals surface area contributed by atoms with Gasteiger partial charge in [0.1, 0.15) is 5.69 Å². The molecule has 0 spiro atoms. The third-order valence-corrected chi connectivity index (χ3v) is 1.82. The zero-order chi connectivity index (χ0) is 10.6. The lowest BCUT2D eigenvalue weighted by atomic mass is 10.3. The molecule has 0 unspecified atom stereocenters. The summed E-state index contributed by atoms with van der Waals surface area (Å²) in [5.41, 5.74) is 9.42. The molecule has 1 heterocycles. The van der Waals surface area contributed by atoms with Gasteiger partial charge in [0.15, 0.2) is 5.78 Å². The fourth-order valence-corrected chi connectivity index (χ4v) is 1.09. The maximum absolute atomic E-state index is 11.0. The number of azide groups is 1. The molecule has 6 nitrogen and oxygen atoms in total. The molecule has 0 N–H and O–H groups in total. The van der Waals surface area contributed by atoms with E-state index in [1.54, 1.807) is 10.7 Å². The number of carbonyl (C=O) groups is 1. The summed E-state index contributed by atoms with van der Waals surface area (Å²) in [5.74, 6) is -0.0596. The van der Waals surface area contributed by atoms with Crippen LogP contribution in [0.1, 0.15) is 23.1 Å². The smallest absolute Gasteiger partial charge is 0.179 e. The predicted molar refractivity (Wildman–Crippen MR) is 51.0 cm³/mol. The van der Waals surface area contributed by atoms with Crippen molar-refractivity contribution in [2.75, 3.05) is 6.54 Å². The largest absolute Gasteiger partial charge is 0.293 e. The fourth-order valence-electron chi connectivity index (χ4n) is 1.09. The normalized spacial score (nSPS) is 9.57. The van der Waals surface area contributed by atoms with Gasteiger partial charge in [-0.15, -0.1) is 0 Å². The van der Waals surface area contributed by atoms with Crippen molar-refractivity contribution < 1.29 is 4.79 Å². The van der Waals surface area contributed by atoms with E-state index in [0.717, 1.165) is 5.69 Å². The Balaban J connectivity index is 2.77. The van der Waals surface area contributed by atoms with Crippen molar-refractivity contribution >= 4 is 5.78 Å². The highest BCUT2D eigenvalue weighted by Gasteiger charge is 2.06. The molecule has 0 aliphatic carbocycles. The number of Topliss-reactive ketones (excluding diaryl/α,β-unsaturated/α-hetero) is 1. The molecule has 74 valence electrons. The molecule has 1 aromatic heterocycles. The summed E-state index contributed by atoms with van der Waals surface area (Å²) in [5, 5.41) is 7.46. The molecule has 0 atom stereocenters. The standard InChI is InChI=1S/C8H11N5O/c1-6-5-8(7(2)14)11-13(6)4-3-10-12-9/h5H,3-4H2,1-2H3. The number of aromatic nitrogens is 2. The molecule has 0 aliphatic heterocycles. The number of carbonyl (C=O) groups excluding carboxylic acids is 1. The van der Waals surface area contributed by atoms with Crippen molar-refractivity contribution in [2.45, 2.75) is 20.4 Å². The molecule has 0 amide bonds. The molecular weight excluding hydrogens is 182 g/mol. The second-order valence-corrected chi connectivity index (χ2v) is 2.90. The van der Waals surface area contributed by atoms with Crippen LogP contribution in [0.25, 0.3) is 10.4 Å². The molecule has 0 fully saturated rings. The van der Waals surface area contributed by atoms with Crippen LogP contribution in [0.3, 0.4) is 0 Å². The summed E-state index contributed by atoms with van der Waals surface area (Å²) in [6.07, 6.45) is 0. The minimum atomic E-state index is -0.0596. The lowest BCUT2D eigenvalue weighted by Crippen LogP contribution is -2.05. The Bertz CT molecular complexity index is 388. The van der Waals surface area contributed by atoms with Gasteiger partial charge in [-0.2, -0.15) is 5.10 Å². The Morgan fingerprint density at radius 2 is 2.50 bits per heavy atom. The molecule has 0 saturated heterocycles. The van der Waals surface area contributed by atoms with E-state index in [4.69, 9.17) is 5.53 Å². The van der Waals surface area contributed by atoms with Gasteiger partial charge in [-0.3, -0.25) is 9.48 Å². The summed E-state index contributed by atoms with van der Waals surface area (Å²) in [6.45, 7) is 4.18. The average Bonchev–Trinajstić information content (AvgIpc) is 2.49. The molecule has 0 saturated carbocycles. The van der Waals surface area contributed by atoms with Crippen LogP contribution in [-0.2, 0) is 6.54 Å². The first-order valence-corrected chi connectivity index (χ1v) is 4.21. The van der Waals surface area contributed by atoms with Crippen LogP contribution >= 0.6 is 0 Å². The number of nitrogens with zero attached hydrogens (tertiary/aromatic N) is 5. The molecule has 0 aromatic carbocycles. The summed E-state index contributed by atoms with van der Waals surface area (Å²) in [6, 6.07) is 1.72. The van der Waals surface area contributed by atoms with E-state index in [9.17, 15) is 4.79 Å². The third-order valence-electron chi connectivity index (χ3n) is 1.82. The van der Waals surface area contributed by atoms with Gasteiger partial charge in [-0.05, 0) is 18.5 Å². The van der Waals surface area contributed by atoms with Crippen molar-refractivity contribution in [3.8, 4) is 0 Å². The van der Waals surface area contributed by atoms with Crippen LogP contribution in [0.15, 0.2) is 11.2 Å². The zero-order valence-corrected chi connectivity index (χ0v) is 8.14. The van der Waals surface area contributed by atoms with Gasteiger partial charge < -0.3 is 0 Å². The minimum Gasteiger partial charge on any atom is -0.293 e. The van der Waals surface area contributed by atoms with Crippen molar-refractivity contribution in [3.05, 3.63) is 27.9 Å². The minimum absolute atomic E-state index is 0.0596. The van der Waals surface area contributed by atoms with Gasteiger partial charge in [-0.1, -0.05) is 5.11 Å². The van der Waals surface area contributed by atoms with Crippen molar-refractivity contribution in [1.82, 2.24) is 9.78 Å². The van der Waals surface area contributed by atoms with E-state index < -0.39 is 0 Å². The third kappa shape index (κ3) is 2.34. The van der Waals surface area contributed by atoms with Crippen molar-refractivity contribution in [1.29, 1.82) is 0 Å². The van der Waals surface area contributed by atoms with E-state index in [-0.39, 0.29) is 5.78 Å². The molecule has 1 rings (SSSR count). The van der Waals surface area contributed by atoms with Crippen LogP contribution in [0, 0.1) is 6.92 Å². The molecular formula is C8H11N5O. The van der Waals surface area contributed by atoms with Gasteiger partial charge in [0.05, 0.1) is 0 Å². The fraction of sp³-hybridized carbons (Fsp3) is 0.500. The number of aryl methyl sites for hydroxylation is 1. The molecule has 6 heteroatoms. The molecule has 0 aliphatic rings. The Kier molecular flexibility index (Phi) is 3.25. The number of rotatable bonds is 4. The Hall–Kier alpha value is -1.81. The van der Waals surface area contributed by atoms with Gasteiger partial charge in [0, 0.05) is 30.6 Å². The van der Waals surface area contributed by atoms with Crippen molar-refractivity contribution in [3.63, 3.8) is 0 Å². The molecule has 14 heavy (non-hydrogen) atoms. The van der Waals surface area contributed by atoms with Crippen LogP contribution in [0.2, 0.25) is 0 Å². The number of ketones is 1. The highest BCUT2D eigenvalue weighted by molar-refractivity contribution is 5.92. The van der Waals surface area contributed by atoms with E-state index in [1.807, 2.05) is 6.92 Å². The van der Waals surface area contributed by atoms with Gasteiger partial charge in [0.2, 0.25) is 0 Å². The van der Waals surface area contributed by atoms with Crippen LogP contribution in [0.4, 0.5) is 0 Å². The topological polar surface area (TPSA) is 83.7 Å². The quantitative estimate of drug-likeness (QED) is 0.315. The maximum Gasteiger partial charge on any atom is 0.179 e. The molecule has 0 bridgehead atoms. The summed E-state index contributed by atoms with van der Waals surface area (Å²) in [7, 11) is 0. The lowest BCUT2D eigenvalue weighted by Gasteiger charge is -1.99. The first-order valence-electron chi connectivity index (χ1n) is 4.21. The van der Waals surface area contributed by atoms with Crippen molar-refractivity contribution in [2.24, 2.45) is 5.11 Å². The first-order chi connectivity index (χ1) is 6.65. The maximum atomic E-state index is 11.0. The summed E-state index contributed by atoms with van der Waals surface area (Å²) < 4.78 is 1.66. The first kappa shape index (κ1) is 10.3. The lowest BCUT2D eigenvalue weighted by molar-refractivity contribution is 0.101.